The van der Waals surface area contributed by atoms with Crippen LogP contribution in [0.2, 0.25) is 0 Å². The van der Waals surface area contributed by atoms with E-state index in [2.05, 4.69) is 6.07 Å². The number of ketones is 1. The van der Waals surface area contributed by atoms with Gasteiger partial charge in [-0.2, -0.15) is 0 Å². The Balaban J connectivity index is 1.68. The number of rotatable bonds is 2. The third-order valence-corrected chi connectivity index (χ3v) is 5.86. The second kappa shape index (κ2) is 5.64. The van der Waals surface area contributed by atoms with Crippen molar-refractivity contribution in [2.75, 3.05) is 6.54 Å². The summed E-state index contributed by atoms with van der Waals surface area (Å²) in [6, 6.07) is 4.25. The topological polar surface area (TPSA) is 50.5 Å². The molecule has 0 N–H and O–H groups in total. The van der Waals surface area contributed by atoms with Crippen LogP contribution < -0.4 is 0 Å². The lowest BCUT2D eigenvalue weighted by atomic mass is 9.94. The first-order valence-electron chi connectivity index (χ1n) is 8.16. The molecule has 0 spiro atoms. The molecule has 0 aromatic carbocycles. The summed E-state index contributed by atoms with van der Waals surface area (Å²) < 4.78 is 5.84. The van der Waals surface area contributed by atoms with Gasteiger partial charge in [0.2, 0.25) is 0 Å². The maximum Gasteiger partial charge on any atom is 0.290 e. The van der Waals surface area contributed by atoms with Crippen LogP contribution in [-0.2, 0) is 6.42 Å². The number of amides is 1. The van der Waals surface area contributed by atoms with Crippen LogP contribution in [0, 0.1) is 6.92 Å². The number of carbonyl (C=O) groups excluding carboxylic acids is 2. The highest BCUT2D eigenvalue weighted by Crippen LogP contribution is 2.37. The predicted molar refractivity (Wildman–Crippen MR) is 88.0 cm³/mol. The van der Waals surface area contributed by atoms with E-state index in [-0.39, 0.29) is 17.7 Å². The van der Waals surface area contributed by atoms with Crippen LogP contribution in [0.3, 0.4) is 0 Å². The first-order valence-corrected chi connectivity index (χ1v) is 9.04. The van der Waals surface area contributed by atoms with Crippen LogP contribution in [0.5, 0.6) is 0 Å². The van der Waals surface area contributed by atoms with Crippen molar-refractivity contribution in [3.05, 3.63) is 45.0 Å². The third kappa shape index (κ3) is 2.34. The van der Waals surface area contributed by atoms with Crippen molar-refractivity contribution >= 4 is 23.0 Å². The SMILES string of the molecule is Cc1c(C(=O)N2CCC[C@H]2c2cccs2)oc2c1C(=O)CCC2. The number of carbonyl (C=O) groups is 2. The Kier molecular flexibility index (Phi) is 3.60. The van der Waals surface area contributed by atoms with Crippen LogP contribution >= 0.6 is 11.3 Å². The average Bonchev–Trinajstić information content (AvgIpc) is 3.26. The van der Waals surface area contributed by atoms with Crippen molar-refractivity contribution in [1.82, 2.24) is 4.90 Å². The summed E-state index contributed by atoms with van der Waals surface area (Å²) in [6.07, 6.45) is 4.12. The van der Waals surface area contributed by atoms with E-state index in [9.17, 15) is 9.59 Å². The van der Waals surface area contributed by atoms with E-state index >= 15 is 0 Å². The summed E-state index contributed by atoms with van der Waals surface area (Å²) in [4.78, 5) is 28.3. The number of fused-ring (bicyclic) bond motifs is 1. The molecule has 0 unspecified atom stereocenters. The molecule has 0 saturated carbocycles. The van der Waals surface area contributed by atoms with Crippen LogP contribution in [-0.4, -0.2) is 23.1 Å². The second-order valence-corrected chi connectivity index (χ2v) is 7.28. The van der Waals surface area contributed by atoms with Gasteiger partial charge in [-0.15, -0.1) is 11.3 Å². The van der Waals surface area contributed by atoms with Crippen molar-refractivity contribution in [3.8, 4) is 0 Å². The molecule has 2 aliphatic rings. The van der Waals surface area contributed by atoms with Gasteiger partial charge in [0.25, 0.3) is 5.91 Å². The summed E-state index contributed by atoms with van der Waals surface area (Å²) in [5.74, 6) is 1.12. The summed E-state index contributed by atoms with van der Waals surface area (Å²) in [5, 5.41) is 2.05. The fraction of sp³-hybridized carbons (Fsp3) is 0.444. The zero-order valence-electron chi connectivity index (χ0n) is 13.1. The molecular weight excluding hydrogens is 310 g/mol. The summed E-state index contributed by atoms with van der Waals surface area (Å²) in [5.41, 5.74) is 1.39. The molecule has 1 atom stereocenters. The van der Waals surface area contributed by atoms with Crippen LogP contribution in [0.4, 0.5) is 0 Å². The van der Waals surface area contributed by atoms with E-state index in [1.807, 2.05) is 23.3 Å². The Morgan fingerprint density at radius 2 is 2.22 bits per heavy atom. The molecule has 1 aliphatic heterocycles. The Hall–Kier alpha value is -1.88. The molecule has 4 nitrogen and oxygen atoms in total. The number of Topliss-reactive ketones (excluding diaryl/α,β-unsaturated/α-hetero) is 1. The number of furan rings is 1. The largest absolute Gasteiger partial charge is 0.455 e. The third-order valence-electron chi connectivity index (χ3n) is 4.89. The first-order chi connectivity index (χ1) is 11.2. The van der Waals surface area contributed by atoms with Crippen molar-refractivity contribution in [3.63, 3.8) is 0 Å². The molecule has 2 aromatic heterocycles. The van der Waals surface area contributed by atoms with E-state index in [1.54, 1.807) is 11.3 Å². The van der Waals surface area contributed by atoms with Crippen molar-refractivity contribution < 1.29 is 14.0 Å². The summed E-state index contributed by atoms with van der Waals surface area (Å²) >= 11 is 1.69. The minimum Gasteiger partial charge on any atom is -0.455 e. The van der Waals surface area contributed by atoms with Gasteiger partial charge in [0, 0.05) is 29.8 Å². The first kappa shape index (κ1) is 14.7. The summed E-state index contributed by atoms with van der Waals surface area (Å²) in [6.45, 7) is 2.59. The van der Waals surface area contributed by atoms with Crippen molar-refractivity contribution in [2.24, 2.45) is 0 Å². The van der Waals surface area contributed by atoms with Gasteiger partial charge >= 0.3 is 0 Å². The molecule has 2 aromatic rings. The fourth-order valence-electron chi connectivity index (χ4n) is 3.77. The van der Waals surface area contributed by atoms with Gasteiger partial charge in [-0.1, -0.05) is 6.07 Å². The molecule has 23 heavy (non-hydrogen) atoms. The number of hydrogen-bond donors (Lipinski definition) is 0. The fourth-order valence-corrected chi connectivity index (χ4v) is 4.64. The Bertz CT molecular complexity index is 760. The van der Waals surface area contributed by atoms with Gasteiger partial charge < -0.3 is 9.32 Å². The highest BCUT2D eigenvalue weighted by atomic mass is 32.1. The van der Waals surface area contributed by atoms with Crippen LogP contribution in [0.25, 0.3) is 0 Å². The van der Waals surface area contributed by atoms with Crippen LogP contribution in [0.15, 0.2) is 21.9 Å². The number of aryl methyl sites for hydroxylation is 1. The number of nitrogens with zero attached hydrogens (tertiary/aromatic N) is 1. The molecule has 5 heteroatoms. The highest BCUT2D eigenvalue weighted by molar-refractivity contribution is 7.10. The lowest BCUT2D eigenvalue weighted by Gasteiger charge is -2.23. The Morgan fingerprint density at radius 3 is 2.96 bits per heavy atom. The number of likely N-dealkylation sites (tertiary alicyclic amines) is 1. The molecule has 0 bridgehead atoms. The molecule has 1 aliphatic carbocycles. The lowest BCUT2D eigenvalue weighted by Crippen LogP contribution is -2.30. The van der Waals surface area contributed by atoms with Crippen LogP contribution in [0.1, 0.15) is 68.8 Å². The van der Waals surface area contributed by atoms with E-state index in [1.165, 1.54) is 4.88 Å². The number of hydrogen-bond acceptors (Lipinski definition) is 4. The Morgan fingerprint density at radius 1 is 1.35 bits per heavy atom. The Labute approximate surface area is 139 Å². The zero-order valence-corrected chi connectivity index (χ0v) is 13.9. The minimum atomic E-state index is -0.0689. The molecule has 120 valence electrons. The lowest BCUT2D eigenvalue weighted by molar-refractivity contribution is 0.0702. The van der Waals surface area contributed by atoms with Gasteiger partial charge in [-0.25, -0.2) is 0 Å². The van der Waals surface area contributed by atoms with Gasteiger partial charge in [-0.05, 0) is 37.6 Å². The zero-order chi connectivity index (χ0) is 16.0. The maximum absolute atomic E-state index is 13.0. The monoisotopic (exact) mass is 329 g/mol. The van der Waals surface area contributed by atoms with Gasteiger partial charge in [0.15, 0.2) is 11.5 Å². The van der Waals surface area contributed by atoms with Gasteiger partial charge in [-0.3, -0.25) is 9.59 Å². The van der Waals surface area contributed by atoms with E-state index < -0.39 is 0 Å². The number of thiophene rings is 1. The molecule has 3 heterocycles. The molecular formula is C18H19NO3S. The quantitative estimate of drug-likeness (QED) is 0.832. The average molecular weight is 329 g/mol. The molecule has 1 fully saturated rings. The molecule has 4 rings (SSSR count). The second-order valence-electron chi connectivity index (χ2n) is 6.30. The van der Waals surface area contributed by atoms with E-state index in [4.69, 9.17) is 4.42 Å². The van der Waals surface area contributed by atoms with Gasteiger partial charge in [0.1, 0.15) is 5.76 Å². The minimum absolute atomic E-state index is 0.0689. The summed E-state index contributed by atoms with van der Waals surface area (Å²) in [7, 11) is 0. The van der Waals surface area contributed by atoms with Crippen molar-refractivity contribution in [2.45, 2.75) is 45.1 Å². The van der Waals surface area contributed by atoms with Crippen molar-refractivity contribution in [1.29, 1.82) is 0 Å². The molecule has 1 saturated heterocycles. The van der Waals surface area contributed by atoms with Gasteiger partial charge in [0.05, 0.1) is 11.6 Å². The maximum atomic E-state index is 13.0. The van der Waals surface area contributed by atoms with E-state index in [0.29, 0.717) is 23.5 Å². The molecule has 1 amide bonds. The highest BCUT2D eigenvalue weighted by Gasteiger charge is 2.36. The smallest absolute Gasteiger partial charge is 0.290 e. The predicted octanol–water partition coefficient (Wildman–Crippen LogP) is 4.15. The molecule has 0 radical (unpaired) electrons. The normalized spacial score (nSPS) is 20.8. The standard InChI is InChI=1S/C18H19NO3S/c1-11-16-13(20)6-2-7-14(16)22-17(11)18(21)19-9-3-5-12(19)15-8-4-10-23-15/h4,8,10,12H,2-3,5-7,9H2,1H3/t12-/m0/s1. The van der Waals surface area contributed by atoms with E-state index in [0.717, 1.165) is 37.8 Å².